The molecule has 0 bridgehead atoms. The summed E-state index contributed by atoms with van der Waals surface area (Å²) in [5.41, 5.74) is 2.70. The number of fused-ring (bicyclic) bond motifs is 1. The van der Waals surface area contributed by atoms with E-state index in [1.807, 2.05) is 25.1 Å². The van der Waals surface area contributed by atoms with Gasteiger partial charge in [0.1, 0.15) is 5.52 Å². The molecule has 0 fully saturated rings. The fraction of sp³-hybridized carbons (Fsp3) is 0.300. The van der Waals surface area contributed by atoms with E-state index >= 15 is 0 Å². The maximum Gasteiger partial charge on any atom is 0.192 e. The Morgan fingerprint density at radius 1 is 1.50 bits per heavy atom. The molecule has 0 amide bonds. The molecule has 0 saturated carbocycles. The largest absolute Gasteiger partial charge is 0.441 e. The molecule has 4 heteroatoms. The van der Waals surface area contributed by atoms with Crippen molar-refractivity contribution < 1.29 is 4.42 Å². The van der Waals surface area contributed by atoms with Crippen LogP contribution in [-0.2, 0) is 0 Å². The molecule has 1 aromatic carbocycles. The molecule has 74 valence electrons. The van der Waals surface area contributed by atoms with Gasteiger partial charge in [-0.2, -0.15) is 0 Å². The standard InChI is InChI=1S/C10H11ClN2O/c1-7-13-9-3-2-8(12-5-4-11)6-10(9)14-7/h2-3,6,12H,4-5H2,1H3. The van der Waals surface area contributed by atoms with E-state index in [9.17, 15) is 0 Å². The molecule has 0 spiro atoms. The molecule has 0 saturated heterocycles. The van der Waals surface area contributed by atoms with Gasteiger partial charge in [-0.05, 0) is 12.1 Å². The number of alkyl halides is 1. The Morgan fingerprint density at radius 3 is 3.14 bits per heavy atom. The van der Waals surface area contributed by atoms with Crippen molar-refractivity contribution in [2.24, 2.45) is 0 Å². The summed E-state index contributed by atoms with van der Waals surface area (Å²) in [5.74, 6) is 1.28. The fourth-order valence-electron chi connectivity index (χ4n) is 1.34. The number of aromatic nitrogens is 1. The minimum Gasteiger partial charge on any atom is -0.441 e. The van der Waals surface area contributed by atoms with Crippen LogP contribution >= 0.6 is 11.6 Å². The number of rotatable bonds is 3. The van der Waals surface area contributed by atoms with Gasteiger partial charge >= 0.3 is 0 Å². The van der Waals surface area contributed by atoms with E-state index in [0.29, 0.717) is 11.8 Å². The van der Waals surface area contributed by atoms with Gasteiger partial charge in [0.25, 0.3) is 0 Å². The third-order valence-electron chi connectivity index (χ3n) is 1.92. The molecule has 14 heavy (non-hydrogen) atoms. The third kappa shape index (κ3) is 1.82. The van der Waals surface area contributed by atoms with Crippen molar-refractivity contribution in [1.29, 1.82) is 0 Å². The van der Waals surface area contributed by atoms with E-state index in [1.54, 1.807) is 0 Å². The van der Waals surface area contributed by atoms with E-state index in [-0.39, 0.29) is 0 Å². The van der Waals surface area contributed by atoms with Gasteiger partial charge in [-0.3, -0.25) is 0 Å². The van der Waals surface area contributed by atoms with Gasteiger partial charge in [0, 0.05) is 31.1 Å². The number of nitrogens with one attached hydrogen (secondary N) is 1. The van der Waals surface area contributed by atoms with Crippen LogP contribution in [0.25, 0.3) is 11.1 Å². The molecular weight excluding hydrogens is 200 g/mol. The van der Waals surface area contributed by atoms with Gasteiger partial charge in [0.2, 0.25) is 0 Å². The molecule has 3 nitrogen and oxygen atoms in total. The van der Waals surface area contributed by atoms with Crippen molar-refractivity contribution in [3.8, 4) is 0 Å². The van der Waals surface area contributed by atoms with Crippen LogP contribution in [0.2, 0.25) is 0 Å². The zero-order valence-electron chi connectivity index (χ0n) is 7.88. The van der Waals surface area contributed by atoms with Crippen LogP contribution in [0.15, 0.2) is 22.6 Å². The Hall–Kier alpha value is -1.22. The number of hydrogen-bond acceptors (Lipinski definition) is 3. The molecule has 1 aromatic heterocycles. The SMILES string of the molecule is Cc1nc2ccc(NCCCl)cc2o1. The average molecular weight is 211 g/mol. The third-order valence-corrected chi connectivity index (χ3v) is 2.11. The van der Waals surface area contributed by atoms with Crippen LogP contribution in [0, 0.1) is 6.92 Å². The van der Waals surface area contributed by atoms with Gasteiger partial charge in [0.05, 0.1) is 0 Å². The van der Waals surface area contributed by atoms with Gasteiger partial charge < -0.3 is 9.73 Å². The summed E-state index contributed by atoms with van der Waals surface area (Å²) in [6, 6.07) is 5.83. The van der Waals surface area contributed by atoms with Gasteiger partial charge in [-0.15, -0.1) is 11.6 Å². The van der Waals surface area contributed by atoms with Crippen molar-refractivity contribution in [2.75, 3.05) is 17.7 Å². The highest BCUT2D eigenvalue weighted by molar-refractivity contribution is 6.18. The molecule has 0 radical (unpaired) electrons. The number of halogens is 1. The first kappa shape index (κ1) is 9.34. The number of anilines is 1. The fourth-order valence-corrected chi connectivity index (χ4v) is 1.44. The van der Waals surface area contributed by atoms with E-state index in [2.05, 4.69) is 10.3 Å². The Balaban J connectivity index is 2.31. The second kappa shape index (κ2) is 3.88. The number of nitrogens with zero attached hydrogens (tertiary/aromatic N) is 1. The Bertz CT molecular complexity index is 439. The van der Waals surface area contributed by atoms with Crippen LogP contribution in [0.5, 0.6) is 0 Å². The summed E-state index contributed by atoms with van der Waals surface area (Å²) < 4.78 is 5.40. The van der Waals surface area contributed by atoms with E-state index < -0.39 is 0 Å². The molecule has 0 aliphatic rings. The predicted molar refractivity (Wildman–Crippen MR) is 58.0 cm³/mol. The monoisotopic (exact) mass is 210 g/mol. The second-order valence-electron chi connectivity index (χ2n) is 3.03. The van der Waals surface area contributed by atoms with Crippen molar-refractivity contribution in [3.05, 3.63) is 24.1 Å². The van der Waals surface area contributed by atoms with Crippen LogP contribution in [0.1, 0.15) is 5.89 Å². The molecule has 0 atom stereocenters. The molecule has 2 rings (SSSR count). The Labute approximate surface area is 87.1 Å². The summed E-state index contributed by atoms with van der Waals surface area (Å²) in [6.07, 6.45) is 0. The van der Waals surface area contributed by atoms with E-state index in [0.717, 1.165) is 23.3 Å². The van der Waals surface area contributed by atoms with Crippen LogP contribution in [0.3, 0.4) is 0 Å². The second-order valence-corrected chi connectivity index (χ2v) is 3.41. The van der Waals surface area contributed by atoms with Gasteiger partial charge in [-0.1, -0.05) is 0 Å². The van der Waals surface area contributed by atoms with Crippen LogP contribution < -0.4 is 5.32 Å². The highest BCUT2D eigenvalue weighted by Gasteiger charge is 2.02. The zero-order valence-corrected chi connectivity index (χ0v) is 8.64. The number of oxazole rings is 1. The Morgan fingerprint density at radius 2 is 2.36 bits per heavy atom. The van der Waals surface area contributed by atoms with Gasteiger partial charge in [0.15, 0.2) is 11.5 Å². The first-order chi connectivity index (χ1) is 6.79. The summed E-state index contributed by atoms with van der Waals surface area (Å²) in [4.78, 5) is 4.21. The molecular formula is C10H11ClN2O. The number of hydrogen-bond donors (Lipinski definition) is 1. The first-order valence-electron chi connectivity index (χ1n) is 4.46. The number of benzene rings is 1. The van der Waals surface area contributed by atoms with Crippen molar-refractivity contribution in [2.45, 2.75) is 6.92 Å². The molecule has 1 heterocycles. The highest BCUT2D eigenvalue weighted by Crippen LogP contribution is 2.19. The highest BCUT2D eigenvalue weighted by atomic mass is 35.5. The predicted octanol–water partition coefficient (Wildman–Crippen LogP) is 2.79. The lowest BCUT2D eigenvalue weighted by atomic mass is 10.3. The smallest absolute Gasteiger partial charge is 0.192 e. The minimum absolute atomic E-state index is 0.591. The lowest BCUT2D eigenvalue weighted by molar-refractivity contribution is 0.561. The Kier molecular flexibility index (Phi) is 2.59. The van der Waals surface area contributed by atoms with Gasteiger partial charge in [-0.25, -0.2) is 4.98 Å². The van der Waals surface area contributed by atoms with Crippen LogP contribution in [-0.4, -0.2) is 17.4 Å². The van der Waals surface area contributed by atoms with E-state index in [1.165, 1.54) is 0 Å². The van der Waals surface area contributed by atoms with E-state index in [4.69, 9.17) is 16.0 Å². The summed E-state index contributed by atoms with van der Waals surface area (Å²) >= 11 is 5.58. The first-order valence-corrected chi connectivity index (χ1v) is 5.00. The molecule has 0 aliphatic heterocycles. The maximum absolute atomic E-state index is 5.58. The zero-order chi connectivity index (χ0) is 9.97. The summed E-state index contributed by atoms with van der Waals surface area (Å²) in [7, 11) is 0. The van der Waals surface area contributed by atoms with Crippen molar-refractivity contribution >= 4 is 28.4 Å². The number of aryl methyl sites for hydroxylation is 1. The topological polar surface area (TPSA) is 38.1 Å². The summed E-state index contributed by atoms with van der Waals surface area (Å²) in [5, 5.41) is 3.18. The molecule has 0 aliphatic carbocycles. The molecule has 1 N–H and O–H groups in total. The van der Waals surface area contributed by atoms with Crippen molar-refractivity contribution in [1.82, 2.24) is 4.98 Å². The molecule has 0 unspecified atom stereocenters. The average Bonchev–Trinajstić information content (AvgIpc) is 2.54. The van der Waals surface area contributed by atoms with Crippen LogP contribution in [0.4, 0.5) is 5.69 Å². The van der Waals surface area contributed by atoms with Crippen molar-refractivity contribution in [3.63, 3.8) is 0 Å². The lowest BCUT2D eigenvalue weighted by Crippen LogP contribution is -2.01. The maximum atomic E-state index is 5.58. The lowest BCUT2D eigenvalue weighted by Gasteiger charge is -2.02. The minimum atomic E-state index is 0.591. The summed E-state index contributed by atoms with van der Waals surface area (Å²) in [6.45, 7) is 2.59. The molecule has 2 aromatic rings. The normalized spacial score (nSPS) is 10.7. The quantitative estimate of drug-likeness (QED) is 0.792.